The van der Waals surface area contributed by atoms with Crippen LogP contribution in [-0.2, 0) is 19.0 Å². The Bertz CT molecular complexity index is 1110. The monoisotopic (exact) mass is 651 g/mol. The predicted molar refractivity (Wildman–Crippen MR) is 173 cm³/mol. The molecular weight excluding hydrogens is 590 g/mol. The molecule has 14 atom stereocenters. The molecule has 0 radical (unpaired) electrons. The highest BCUT2D eigenvalue weighted by Gasteiger charge is 2.69. The van der Waals surface area contributed by atoms with Crippen molar-refractivity contribution in [1.82, 2.24) is 5.32 Å². The van der Waals surface area contributed by atoms with E-state index in [1.54, 1.807) is 27.0 Å². The molecule has 3 saturated carbocycles. The molecule has 0 unspecified atom stereocenters. The van der Waals surface area contributed by atoms with Crippen LogP contribution in [0.4, 0.5) is 0 Å². The Labute approximate surface area is 275 Å². The number of ether oxygens (including phenoxy) is 3. The zero-order valence-corrected chi connectivity index (χ0v) is 28.9. The van der Waals surface area contributed by atoms with Gasteiger partial charge in [-0.1, -0.05) is 20.8 Å². The summed E-state index contributed by atoms with van der Waals surface area (Å²) in [5.74, 6) is -0.718. The first-order chi connectivity index (χ1) is 21.7. The van der Waals surface area contributed by atoms with E-state index in [2.05, 4.69) is 12.2 Å². The summed E-state index contributed by atoms with van der Waals surface area (Å²) >= 11 is 0. The number of ketones is 1. The standard InChI is InChI=1S/C36H61NO9/c1-21(39)18-37-19-24-22(2)29(20-38)46-31(24)32(41)35(5,42)30-10-13-36(43)26-17-28(40)27-16-23(45-15-7-14-44-6)8-11-33(27,3)25(26)9-12-34(30,36)4/h17,21-25,27,29-32,37-39,41-43H,7-16,18-20H2,1-6H3/t21-,22+,23-,24+,25-,27-,29-,30-,31-,32+,33+,34+,35-,36+/m0/s1. The second kappa shape index (κ2) is 13.8. The van der Waals surface area contributed by atoms with E-state index in [4.69, 9.17) is 14.2 Å². The Morgan fingerprint density at radius 2 is 1.87 bits per heavy atom. The minimum atomic E-state index is -1.60. The number of aliphatic hydroxyl groups is 5. The van der Waals surface area contributed by atoms with Gasteiger partial charge < -0.3 is 45.1 Å². The van der Waals surface area contributed by atoms with Gasteiger partial charge >= 0.3 is 0 Å². The number of rotatable bonds is 13. The van der Waals surface area contributed by atoms with Crippen LogP contribution in [0.15, 0.2) is 11.6 Å². The van der Waals surface area contributed by atoms with Crippen molar-refractivity contribution in [1.29, 1.82) is 0 Å². The van der Waals surface area contributed by atoms with E-state index in [0.29, 0.717) is 52.0 Å². The number of allylic oxidation sites excluding steroid dienone is 1. The first kappa shape index (κ1) is 36.3. The maximum absolute atomic E-state index is 13.8. The van der Waals surface area contributed by atoms with E-state index in [1.165, 1.54) is 0 Å². The number of hydrogen-bond acceptors (Lipinski definition) is 10. The molecule has 10 heteroatoms. The molecule has 1 aliphatic heterocycles. The number of methoxy groups -OCH3 is 1. The van der Waals surface area contributed by atoms with Gasteiger partial charge in [-0.15, -0.1) is 0 Å². The fourth-order valence-electron chi connectivity index (χ4n) is 10.7. The summed E-state index contributed by atoms with van der Waals surface area (Å²) in [4.78, 5) is 13.8. The fourth-order valence-corrected chi connectivity index (χ4v) is 10.7. The van der Waals surface area contributed by atoms with Crippen LogP contribution in [0.5, 0.6) is 0 Å². The van der Waals surface area contributed by atoms with Crippen molar-refractivity contribution in [3.05, 3.63) is 11.6 Å². The van der Waals surface area contributed by atoms with Gasteiger partial charge in [0.15, 0.2) is 5.78 Å². The molecule has 0 spiro atoms. The third-order valence-electron chi connectivity index (χ3n) is 13.5. The van der Waals surface area contributed by atoms with Gasteiger partial charge in [0.05, 0.1) is 42.2 Å². The molecule has 5 aliphatic rings. The van der Waals surface area contributed by atoms with Crippen LogP contribution in [-0.4, -0.2) is 113 Å². The second-order valence-corrected chi connectivity index (χ2v) is 16.2. The number of fused-ring (bicyclic) bond motifs is 5. The molecule has 0 bridgehead atoms. The first-order valence-corrected chi connectivity index (χ1v) is 17.8. The molecule has 0 aromatic heterocycles. The molecule has 6 N–H and O–H groups in total. The van der Waals surface area contributed by atoms with Crippen LogP contribution >= 0.6 is 0 Å². The maximum atomic E-state index is 13.8. The Morgan fingerprint density at radius 3 is 2.54 bits per heavy atom. The smallest absolute Gasteiger partial charge is 0.159 e. The van der Waals surface area contributed by atoms with Crippen molar-refractivity contribution in [2.75, 3.05) is 40.0 Å². The summed E-state index contributed by atoms with van der Waals surface area (Å²) in [7, 11) is 1.68. The van der Waals surface area contributed by atoms with Crippen LogP contribution in [0.2, 0.25) is 0 Å². The van der Waals surface area contributed by atoms with Gasteiger partial charge in [-0.2, -0.15) is 0 Å². The molecule has 0 amide bonds. The summed E-state index contributed by atoms with van der Waals surface area (Å²) in [5.41, 5.74) is -3.07. The lowest BCUT2D eigenvalue weighted by Crippen LogP contribution is -2.63. The van der Waals surface area contributed by atoms with Gasteiger partial charge in [0.25, 0.3) is 0 Å². The molecule has 4 fully saturated rings. The number of aliphatic hydroxyl groups excluding tert-OH is 3. The van der Waals surface area contributed by atoms with Crippen molar-refractivity contribution in [2.24, 2.45) is 40.4 Å². The van der Waals surface area contributed by atoms with Crippen LogP contribution in [0.3, 0.4) is 0 Å². The predicted octanol–water partition coefficient (Wildman–Crippen LogP) is 2.38. The highest BCUT2D eigenvalue weighted by Crippen LogP contribution is 2.68. The van der Waals surface area contributed by atoms with Crippen molar-refractivity contribution < 1.29 is 44.5 Å². The van der Waals surface area contributed by atoms with E-state index in [-0.39, 0.29) is 47.6 Å². The van der Waals surface area contributed by atoms with Gasteiger partial charge in [-0.25, -0.2) is 0 Å². The summed E-state index contributed by atoms with van der Waals surface area (Å²) in [6.45, 7) is 11.5. The summed E-state index contributed by atoms with van der Waals surface area (Å²) in [6, 6.07) is 0. The molecule has 264 valence electrons. The lowest BCUT2D eigenvalue weighted by molar-refractivity contribution is -0.198. The van der Waals surface area contributed by atoms with Crippen LogP contribution < -0.4 is 5.32 Å². The van der Waals surface area contributed by atoms with Gasteiger partial charge in [0, 0.05) is 50.7 Å². The first-order valence-electron chi connectivity index (χ1n) is 17.8. The van der Waals surface area contributed by atoms with Crippen LogP contribution in [0, 0.1) is 40.4 Å². The summed E-state index contributed by atoms with van der Waals surface area (Å²) in [6.07, 6.45) is 4.46. The minimum absolute atomic E-state index is 0.0511. The molecule has 46 heavy (non-hydrogen) atoms. The van der Waals surface area contributed by atoms with Gasteiger partial charge in [-0.3, -0.25) is 4.79 Å². The zero-order valence-electron chi connectivity index (χ0n) is 28.9. The van der Waals surface area contributed by atoms with Crippen LogP contribution in [0.25, 0.3) is 0 Å². The highest BCUT2D eigenvalue weighted by molar-refractivity contribution is 5.95. The minimum Gasteiger partial charge on any atom is -0.394 e. The van der Waals surface area contributed by atoms with E-state index >= 15 is 0 Å². The third-order valence-corrected chi connectivity index (χ3v) is 13.5. The number of hydrogen-bond donors (Lipinski definition) is 6. The third kappa shape index (κ3) is 6.06. The fraction of sp³-hybridized carbons (Fsp3) is 0.917. The van der Waals surface area contributed by atoms with Gasteiger partial charge in [0.2, 0.25) is 0 Å². The average molecular weight is 652 g/mol. The van der Waals surface area contributed by atoms with Crippen molar-refractivity contribution in [3.63, 3.8) is 0 Å². The molecule has 0 aromatic carbocycles. The highest BCUT2D eigenvalue weighted by atomic mass is 16.5. The van der Waals surface area contributed by atoms with E-state index < -0.39 is 47.0 Å². The summed E-state index contributed by atoms with van der Waals surface area (Å²) < 4.78 is 17.5. The van der Waals surface area contributed by atoms with Gasteiger partial charge in [-0.05, 0) is 100 Å². The summed E-state index contributed by atoms with van der Waals surface area (Å²) in [5, 5.41) is 59.9. The van der Waals surface area contributed by atoms with Crippen molar-refractivity contribution in [3.8, 4) is 0 Å². The Balaban J connectivity index is 1.36. The lowest BCUT2D eigenvalue weighted by atomic mass is 9.46. The molecular formula is C36H61NO9. The molecule has 1 heterocycles. The van der Waals surface area contributed by atoms with Gasteiger partial charge in [0.1, 0.15) is 6.10 Å². The van der Waals surface area contributed by atoms with E-state index in [9.17, 15) is 30.3 Å². The quantitative estimate of drug-likeness (QED) is 0.163. The normalized spacial score (nSPS) is 44.9. The average Bonchev–Trinajstić information content (AvgIpc) is 3.48. The van der Waals surface area contributed by atoms with Crippen LogP contribution in [0.1, 0.15) is 86.0 Å². The van der Waals surface area contributed by atoms with Crippen molar-refractivity contribution >= 4 is 5.78 Å². The lowest BCUT2D eigenvalue weighted by Gasteiger charge is -2.60. The number of carbonyl (C=O) groups is 1. The second-order valence-electron chi connectivity index (χ2n) is 16.2. The largest absolute Gasteiger partial charge is 0.394 e. The van der Waals surface area contributed by atoms with E-state index in [0.717, 1.165) is 31.3 Å². The maximum Gasteiger partial charge on any atom is 0.159 e. The number of nitrogens with one attached hydrogen (secondary N) is 1. The topological polar surface area (TPSA) is 158 Å². The molecule has 1 saturated heterocycles. The molecule has 5 rings (SSSR count). The Morgan fingerprint density at radius 1 is 1.13 bits per heavy atom. The Kier molecular flexibility index (Phi) is 10.9. The molecule has 4 aliphatic carbocycles. The van der Waals surface area contributed by atoms with E-state index in [1.807, 2.05) is 13.8 Å². The molecule has 10 nitrogen and oxygen atoms in total. The number of carbonyl (C=O) groups excluding carboxylic acids is 1. The Hall–Kier alpha value is -0.950. The van der Waals surface area contributed by atoms with Crippen molar-refractivity contribution in [2.45, 2.75) is 128 Å². The zero-order chi connectivity index (χ0) is 33.7. The molecule has 0 aromatic rings. The SMILES string of the molecule is COCCCO[C@H]1CC[C@@]2(C)[C@@H](C1)C(=O)C=C1[C@@H]2CC[C@]2(C)[C@@H]([C@](C)(O)[C@H](O)[C@H]3O[C@@H](CO)[C@H](C)[C@H]3CNC[C@H](C)O)CC[C@@]12O.